The van der Waals surface area contributed by atoms with Crippen LogP contribution in [-0.2, 0) is 14.3 Å². The lowest BCUT2D eigenvalue weighted by molar-refractivity contribution is -0.144. The maximum atomic E-state index is 12.6. The Morgan fingerprint density at radius 2 is 1.83 bits per heavy atom. The first-order chi connectivity index (χ1) is 11.3. The fourth-order valence-corrected chi connectivity index (χ4v) is 2.40. The summed E-state index contributed by atoms with van der Waals surface area (Å²) in [5.41, 5.74) is 0.690. The van der Waals surface area contributed by atoms with Gasteiger partial charge in [0.25, 0.3) is 5.91 Å². The number of carbonyl (C=O) groups is 1. The van der Waals surface area contributed by atoms with Crippen molar-refractivity contribution in [3.8, 4) is 11.5 Å². The highest BCUT2D eigenvalue weighted by Gasteiger charge is 2.27. The van der Waals surface area contributed by atoms with E-state index in [1.54, 1.807) is 11.9 Å². The Hall–Kier alpha value is -2.37. The molecule has 1 heterocycles. The molecular weight excluding hydrogens is 294 g/mol. The normalized spacial score (nSPS) is 17.5. The van der Waals surface area contributed by atoms with Gasteiger partial charge < -0.3 is 19.1 Å². The van der Waals surface area contributed by atoms with E-state index in [4.69, 9.17) is 14.2 Å². The highest BCUT2D eigenvalue weighted by atomic mass is 16.6. The van der Waals surface area contributed by atoms with Crippen LogP contribution >= 0.6 is 0 Å². The van der Waals surface area contributed by atoms with Crippen LogP contribution in [0.3, 0.4) is 0 Å². The Bertz CT molecular complexity index is 653. The second kappa shape index (κ2) is 7.26. The average Bonchev–Trinajstić information content (AvgIpc) is 2.62. The molecule has 3 rings (SSSR count). The smallest absolute Gasteiger partial charge is 0.258 e. The molecule has 1 aliphatic rings. The quantitative estimate of drug-likeness (QED) is 0.871. The molecular formula is C18H19NO4. The van der Waals surface area contributed by atoms with Crippen LogP contribution in [0.1, 0.15) is 0 Å². The summed E-state index contributed by atoms with van der Waals surface area (Å²) in [5.74, 6) is 1.19. The number of likely N-dealkylation sites (N-methyl/N-ethyl adjacent to an activating group) is 1. The molecule has 23 heavy (non-hydrogen) atoms. The number of carbonyl (C=O) groups excluding carboxylic acids is 1. The summed E-state index contributed by atoms with van der Waals surface area (Å²) in [4.78, 5) is 14.1. The van der Waals surface area contributed by atoms with Crippen molar-refractivity contribution in [3.05, 3.63) is 54.6 Å². The Morgan fingerprint density at radius 3 is 2.57 bits per heavy atom. The number of rotatable bonds is 4. The lowest BCUT2D eigenvalue weighted by Gasteiger charge is -2.27. The van der Waals surface area contributed by atoms with Crippen LogP contribution in [0, 0.1) is 0 Å². The van der Waals surface area contributed by atoms with Crippen molar-refractivity contribution in [3.63, 3.8) is 0 Å². The predicted octanol–water partition coefficient (Wildman–Crippen LogP) is 2.86. The lowest BCUT2D eigenvalue weighted by Crippen LogP contribution is -2.43. The summed E-state index contributed by atoms with van der Waals surface area (Å²) in [6, 6.07) is 16.9. The molecule has 0 unspecified atom stereocenters. The molecule has 5 heteroatoms. The fourth-order valence-electron chi connectivity index (χ4n) is 2.40. The molecule has 0 aliphatic carbocycles. The van der Waals surface area contributed by atoms with E-state index in [-0.39, 0.29) is 12.5 Å². The molecule has 1 amide bonds. The first-order valence-corrected chi connectivity index (χ1v) is 7.54. The second-order valence-corrected chi connectivity index (χ2v) is 5.21. The summed E-state index contributed by atoms with van der Waals surface area (Å²) in [7, 11) is 1.72. The van der Waals surface area contributed by atoms with Gasteiger partial charge in [-0.25, -0.2) is 0 Å². The van der Waals surface area contributed by atoms with Crippen molar-refractivity contribution in [2.45, 2.75) is 6.10 Å². The zero-order valence-electron chi connectivity index (χ0n) is 13.0. The third-order valence-corrected chi connectivity index (χ3v) is 3.62. The Kier molecular flexibility index (Phi) is 4.90. The van der Waals surface area contributed by atoms with Crippen molar-refractivity contribution >= 4 is 11.6 Å². The van der Waals surface area contributed by atoms with Gasteiger partial charge in [-0.05, 0) is 24.3 Å². The predicted molar refractivity (Wildman–Crippen MR) is 86.9 cm³/mol. The molecule has 5 nitrogen and oxygen atoms in total. The molecule has 0 radical (unpaired) electrons. The summed E-state index contributed by atoms with van der Waals surface area (Å²) < 4.78 is 16.7. The molecule has 0 aromatic heterocycles. The monoisotopic (exact) mass is 313 g/mol. The highest BCUT2D eigenvalue weighted by Crippen LogP contribution is 2.32. The van der Waals surface area contributed by atoms with E-state index < -0.39 is 6.10 Å². The van der Waals surface area contributed by atoms with Crippen LogP contribution in [0.4, 0.5) is 5.69 Å². The first kappa shape index (κ1) is 15.5. The van der Waals surface area contributed by atoms with Crippen molar-refractivity contribution in [2.75, 3.05) is 31.8 Å². The van der Waals surface area contributed by atoms with Gasteiger partial charge >= 0.3 is 0 Å². The van der Waals surface area contributed by atoms with Crippen LogP contribution in [0.2, 0.25) is 0 Å². The van der Waals surface area contributed by atoms with Crippen molar-refractivity contribution in [1.82, 2.24) is 0 Å². The van der Waals surface area contributed by atoms with E-state index in [2.05, 4.69) is 0 Å². The Balaban J connectivity index is 1.80. The minimum Gasteiger partial charge on any atom is -0.455 e. The van der Waals surface area contributed by atoms with Crippen LogP contribution in [0.25, 0.3) is 0 Å². The van der Waals surface area contributed by atoms with Crippen LogP contribution in [-0.4, -0.2) is 38.9 Å². The second-order valence-electron chi connectivity index (χ2n) is 5.21. The summed E-state index contributed by atoms with van der Waals surface area (Å²) in [6.07, 6.45) is -0.571. The standard InChI is InChI=1S/C18H19NO4/c1-19(18(20)17-13-21-11-12-22-17)15-9-5-6-10-16(15)23-14-7-3-2-4-8-14/h2-10,17H,11-13H2,1H3/t17-/m0/s1. The minimum absolute atomic E-state index is 0.145. The van der Waals surface area contributed by atoms with Gasteiger partial charge in [-0.1, -0.05) is 30.3 Å². The van der Waals surface area contributed by atoms with Crippen molar-refractivity contribution in [2.24, 2.45) is 0 Å². The van der Waals surface area contributed by atoms with E-state index in [9.17, 15) is 4.79 Å². The molecule has 1 atom stereocenters. The molecule has 120 valence electrons. The molecule has 0 bridgehead atoms. The van der Waals surface area contributed by atoms with Gasteiger partial charge in [-0.3, -0.25) is 4.79 Å². The number of anilines is 1. The van der Waals surface area contributed by atoms with Gasteiger partial charge in [0.2, 0.25) is 0 Å². The largest absolute Gasteiger partial charge is 0.455 e. The number of amides is 1. The topological polar surface area (TPSA) is 48.0 Å². The summed E-state index contributed by atoms with van der Waals surface area (Å²) in [6.45, 7) is 1.25. The molecule has 0 N–H and O–H groups in total. The van der Waals surface area contributed by atoms with E-state index in [1.165, 1.54) is 0 Å². The maximum Gasteiger partial charge on any atom is 0.258 e. The van der Waals surface area contributed by atoms with E-state index in [1.807, 2.05) is 54.6 Å². The summed E-state index contributed by atoms with van der Waals surface area (Å²) in [5, 5.41) is 0. The number of benzene rings is 2. The van der Waals surface area contributed by atoms with E-state index >= 15 is 0 Å². The molecule has 1 fully saturated rings. The van der Waals surface area contributed by atoms with Gasteiger partial charge in [-0.2, -0.15) is 0 Å². The third-order valence-electron chi connectivity index (χ3n) is 3.62. The molecule has 0 saturated carbocycles. The van der Waals surface area contributed by atoms with E-state index in [0.717, 1.165) is 5.75 Å². The highest BCUT2D eigenvalue weighted by molar-refractivity contribution is 5.97. The molecule has 1 saturated heterocycles. The van der Waals surface area contributed by atoms with Gasteiger partial charge in [0.1, 0.15) is 5.75 Å². The zero-order valence-corrected chi connectivity index (χ0v) is 13.0. The van der Waals surface area contributed by atoms with Gasteiger partial charge in [-0.15, -0.1) is 0 Å². The number of para-hydroxylation sites is 3. The summed E-state index contributed by atoms with van der Waals surface area (Å²) >= 11 is 0. The maximum absolute atomic E-state index is 12.6. The molecule has 0 spiro atoms. The molecule has 2 aromatic rings. The van der Waals surface area contributed by atoms with Crippen LogP contribution < -0.4 is 9.64 Å². The van der Waals surface area contributed by atoms with E-state index in [0.29, 0.717) is 24.7 Å². The van der Waals surface area contributed by atoms with Gasteiger partial charge in [0.15, 0.2) is 11.9 Å². The van der Waals surface area contributed by atoms with Gasteiger partial charge in [0, 0.05) is 7.05 Å². The van der Waals surface area contributed by atoms with Gasteiger partial charge in [0.05, 0.1) is 25.5 Å². The number of ether oxygens (including phenoxy) is 3. The average molecular weight is 313 g/mol. The number of nitrogens with zero attached hydrogens (tertiary/aromatic N) is 1. The van der Waals surface area contributed by atoms with Crippen LogP contribution in [0.15, 0.2) is 54.6 Å². The number of hydrogen-bond acceptors (Lipinski definition) is 4. The van der Waals surface area contributed by atoms with Crippen molar-refractivity contribution < 1.29 is 19.0 Å². The Labute approximate surface area is 135 Å². The third kappa shape index (κ3) is 3.70. The zero-order chi connectivity index (χ0) is 16.1. The first-order valence-electron chi connectivity index (χ1n) is 7.54. The molecule has 2 aromatic carbocycles. The lowest BCUT2D eigenvalue weighted by atomic mass is 10.2. The minimum atomic E-state index is -0.571. The Morgan fingerprint density at radius 1 is 1.09 bits per heavy atom. The fraction of sp³-hybridized carbons (Fsp3) is 0.278. The molecule has 1 aliphatic heterocycles. The van der Waals surface area contributed by atoms with Crippen molar-refractivity contribution in [1.29, 1.82) is 0 Å². The number of hydrogen-bond donors (Lipinski definition) is 0. The SMILES string of the molecule is CN(C(=O)[C@@H]1COCCO1)c1ccccc1Oc1ccccc1. The van der Waals surface area contributed by atoms with Crippen LogP contribution in [0.5, 0.6) is 11.5 Å².